The lowest BCUT2D eigenvalue weighted by Crippen LogP contribution is -2.17. The lowest BCUT2D eigenvalue weighted by atomic mass is 10.2. The number of hydrogen-bond donors (Lipinski definition) is 2. The number of halogens is 1. The van der Waals surface area contributed by atoms with Gasteiger partial charge in [-0.3, -0.25) is 9.67 Å². The summed E-state index contributed by atoms with van der Waals surface area (Å²) in [5.74, 6) is 0. The van der Waals surface area contributed by atoms with Gasteiger partial charge in [0.2, 0.25) is 0 Å². The maximum atomic E-state index is 11.3. The fourth-order valence-electron chi connectivity index (χ4n) is 1.27. The topological polar surface area (TPSA) is 53.6 Å². The standard InChI is InChI=1S/C9H8ClN3OS/c10-7-4-2-1-3-6(7)5-13-8(14)11-12-9(13)15/h1-4H,5H2,(H,11,14)(H,12,15). The van der Waals surface area contributed by atoms with Crippen LogP contribution in [0.1, 0.15) is 5.56 Å². The molecule has 0 saturated carbocycles. The molecule has 2 N–H and O–H groups in total. The molecule has 0 aliphatic heterocycles. The molecule has 2 aromatic rings. The predicted molar refractivity (Wildman–Crippen MR) is 60.8 cm³/mol. The average Bonchev–Trinajstić information content (AvgIpc) is 2.53. The van der Waals surface area contributed by atoms with Gasteiger partial charge in [-0.2, -0.15) is 0 Å². The molecule has 6 heteroatoms. The highest BCUT2D eigenvalue weighted by molar-refractivity contribution is 7.71. The van der Waals surface area contributed by atoms with E-state index in [0.717, 1.165) is 5.56 Å². The van der Waals surface area contributed by atoms with Gasteiger partial charge in [-0.15, -0.1) is 0 Å². The molecular formula is C9H8ClN3OS. The van der Waals surface area contributed by atoms with E-state index >= 15 is 0 Å². The first-order valence-corrected chi connectivity index (χ1v) is 5.08. The van der Waals surface area contributed by atoms with Gasteiger partial charge in [-0.1, -0.05) is 29.8 Å². The van der Waals surface area contributed by atoms with Crippen molar-refractivity contribution in [2.24, 2.45) is 0 Å². The second-order valence-electron chi connectivity index (χ2n) is 3.04. The van der Waals surface area contributed by atoms with E-state index < -0.39 is 0 Å². The van der Waals surface area contributed by atoms with Crippen LogP contribution in [-0.2, 0) is 6.54 Å². The monoisotopic (exact) mass is 241 g/mol. The molecule has 1 heterocycles. The van der Waals surface area contributed by atoms with Crippen LogP contribution < -0.4 is 5.69 Å². The van der Waals surface area contributed by atoms with Crippen molar-refractivity contribution in [3.63, 3.8) is 0 Å². The predicted octanol–water partition coefficient (Wildman–Crippen LogP) is 1.94. The van der Waals surface area contributed by atoms with Gasteiger partial charge in [-0.05, 0) is 23.8 Å². The SMILES string of the molecule is O=c1[nH][nH]c(=S)n1Cc1ccccc1Cl. The van der Waals surface area contributed by atoms with E-state index in [-0.39, 0.29) is 5.69 Å². The van der Waals surface area contributed by atoms with Gasteiger partial charge in [0.1, 0.15) is 0 Å². The van der Waals surface area contributed by atoms with Crippen LogP contribution in [0.5, 0.6) is 0 Å². The zero-order chi connectivity index (χ0) is 10.8. The van der Waals surface area contributed by atoms with E-state index in [1.165, 1.54) is 4.57 Å². The van der Waals surface area contributed by atoms with E-state index in [9.17, 15) is 4.79 Å². The van der Waals surface area contributed by atoms with Gasteiger partial charge in [0.15, 0.2) is 4.77 Å². The number of aromatic amines is 2. The molecule has 0 amide bonds. The highest BCUT2D eigenvalue weighted by atomic mass is 35.5. The van der Waals surface area contributed by atoms with Crippen LogP contribution in [0.2, 0.25) is 5.02 Å². The Bertz CT molecular complexity index is 556. The minimum atomic E-state index is -0.264. The lowest BCUT2D eigenvalue weighted by Gasteiger charge is -2.02. The largest absolute Gasteiger partial charge is 0.342 e. The molecule has 0 spiro atoms. The van der Waals surface area contributed by atoms with Gasteiger partial charge >= 0.3 is 5.69 Å². The van der Waals surface area contributed by atoms with Gasteiger partial charge < -0.3 is 0 Å². The minimum Gasteiger partial charge on any atom is -0.272 e. The summed E-state index contributed by atoms with van der Waals surface area (Å²) in [6.45, 7) is 0.372. The molecule has 78 valence electrons. The summed E-state index contributed by atoms with van der Waals surface area (Å²) in [6.07, 6.45) is 0. The zero-order valence-corrected chi connectivity index (χ0v) is 9.23. The van der Waals surface area contributed by atoms with Crippen molar-refractivity contribution in [2.75, 3.05) is 0 Å². The first kappa shape index (κ1) is 10.2. The molecule has 0 saturated heterocycles. The maximum absolute atomic E-state index is 11.3. The number of aromatic nitrogens is 3. The molecule has 0 bridgehead atoms. The van der Waals surface area contributed by atoms with Crippen molar-refractivity contribution in [1.82, 2.24) is 14.8 Å². The van der Waals surface area contributed by atoms with E-state index in [1.54, 1.807) is 6.07 Å². The third kappa shape index (κ3) is 2.03. The second-order valence-corrected chi connectivity index (χ2v) is 3.83. The van der Waals surface area contributed by atoms with Gasteiger partial charge in [0.05, 0.1) is 6.54 Å². The summed E-state index contributed by atoms with van der Waals surface area (Å²) in [5.41, 5.74) is 0.597. The van der Waals surface area contributed by atoms with Crippen molar-refractivity contribution in [2.45, 2.75) is 6.54 Å². The summed E-state index contributed by atoms with van der Waals surface area (Å²) in [7, 11) is 0. The molecule has 4 nitrogen and oxygen atoms in total. The number of nitrogens with zero attached hydrogens (tertiary/aromatic N) is 1. The quantitative estimate of drug-likeness (QED) is 0.790. The van der Waals surface area contributed by atoms with Crippen LogP contribution in [0.4, 0.5) is 0 Å². The van der Waals surface area contributed by atoms with Crippen LogP contribution in [0.3, 0.4) is 0 Å². The molecular weight excluding hydrogens is 234 g/mol. The summed E-state index contributed by atoms with van der Waals surface area (Å²) >= 11 is 10.9. The molecule has 1 aromatic carbocycles. The minimum absolute atomic E-state index is 0.264. The Morgan fingerprint density at radius 3 is 2.67 bits per heavy atom. The number of benzene rings is 1. The Morgan fingerprint density at radius 2 is 2.07 bits per heavy atom. The molecule has 0 unspecified atom stereocenters. The van der Waals surface area contributed by atoms with E-state index in [2.05, 4.69) is 10.2 Å². The van der Waals surface area contributed by atoms with Crippen LogP contribution in [0.15, 0.2) is 29.1 Å². The highest BCUT2D eigenvalue weighted by Crippen LogP contribution is 2.15. The molecule has 15 heavy (non-hydrogen) atoms. The normalized spacial score (nSPS) is 10.5. The van der Waals surface area contributed by atoms with Crippen molar-refractivity contribution >= 4 is 23.8 Å². The first-order chi connectivity index (χ1) is 7.18. The average molecular weight is 242 g/mol. The number of H-pyrrole nitrogens is 2. The summed E-state index contributed by atoms with van der Waals surface area (Å²) in [6, 6.07) is 7.34. The van der Waals surface area contributed by atoms with Gasteiger partial charge in [-0.25, -0.2) is 9.89 Å². The first-order valence-electron chi connectivity index (χ1n) is 4.29. The van der Waals surface area contributed by atoms with Gasteiger partial charge in [0, 0.05) is 5.02 Å². The second kappa shape index (κ2) is 4.04. The Kier molecular flexibility index (Phi) is 2.75. The fourth-order valence-corrected chi connectivity index (χ4v) is 1.67. The third-order valence-corrected chi connectivity index (χ3v) is 2.74. The highest BCUT2D eigenvalue weighted by Gasteiger charge is 2.03. The van der Waals surface area contributed by atoms with E-state index in [0.29, 0.717) is 16.3 Å². The molecule has 1 aromatic heterocycles. The van der Waals surface area contributed by atoms with Crippen molar-refractivity contribution < 1.29 is 0 Å². The van der Waals surface area contributed by atoms with Crippen LogP contribution in [0.25, 0.3) is 0 Å². The molecule has 0 aliphatic carbocycles. The van der Waals surface area contributed by atoms with Crippen molar-refractivity contribution in [1.29, 1.82) is 0 Å². The number of rotatable bonds is 2. The van der Waals surface area contributed by atoms with E-state index in [4.69, 9.17) is 23.8 Å². The number of hydrogen-bond acceptors (Lipinski definition) is 2. The maximum Gasteiger partial charge on any atom is 0.342 e. The van der Waals surface area contributed by atoms with Crippen LogP contribution in [0, 0.1) is 4.77 Å². The summed E-state index contributed by atoms with van der Waals surface area (Å²) in [5, 5.41) is 5.61. The number of nitrogens with one attached hydrogen (secondary N) is 2. The van der Waals surface area contributed by atoms with Crippen molar-refractivity contribution in [3.05, 3.63) is 50.1 Å². The Balaban J connectivity index is 2.42. The van der Waals surface area contributed by atoms with Crippen LogP contribution in [-0.4, -0.2) is 14.8 Å². The van der Waals surface area contributed by atoms with E-state index in [1.807, 2.05) is 18.2 Å². The molecule has 0 aliphatic rings. The molecule has 0 atom stereocenters. The van der Waals surface area contributed by atoms with Crippen molar-refractivity contribution in [3.8, 4) is 0 Å². The zero-order valence-electron chi connectivity index (χ0n) is 7.66. The molecule has 0 fully saturated rings. The Morgan fingerprint density at radius 1 is 1.33 bits per heavy atom. The Hall–Kier alpha value is -1.33. The third-order valence-electron chi connectivity index (χ3n) is 2.05. The lowest BCUT2D eigenvalue weighted by molar-refractivity contribution is 0.751. The fraction of sp³-hybridized carbons (Fsp3) is 0.111. The summed E-state index contributed by atoms with van der Waals surface area (Å²) < 4.78 is 1.77. The molecule has 2 rings (SSSR count). The van der Waals surface area contributed by atoms with Gasteiger partial charge in [0.25, 0.3) is 0 Å². The Labute approximate surface area is 95.5 Å². The van der Waals surface area contributed by atoms with Crippen LogP contribution >= 0.6 is 23.8 Å². The smallest absolute Gasteiger partial charge is 0.272 e. The molecule has 0 radical (unpaired) electrons. The summed E-state index contributed by atoms with van der Waals surface area (Å²) in [4.78, 5) is 11.3.